The molecule has 0 unspecified atom stereocenters. The Balaban J connectivity index is 2.04. The van der Waals surface area contributed by atoms with Gasteiger partial charge in [0.15, 0.2) is 11.6 Å². The van der Waals surface area contributed by atoms with Crippen LogP contribution < -0.4 is 5.32 Å². The van der Waals surface area contributed by atoms with Crippen LogP contribution in [0.2, 0.25) is 0 Å². The number of hydrogen-bond acceptors (Lipinski definition) is 2. The van der Waals surface area contributed by atoms with Gasteiger partial charge in [-0.05, 0) is 18.9 Å². The molecule has 1 aromatic rings. The summed E-state index contributed by atoms with van der Waals surface area (Å²) in [4.78, 5) is 22.4. The molecular weight excluding hydrogens is 244 g/mol. The van der Waals surface area contributed by atoms with Crippen LogP contribution in [0.4, 0.5) is 8.78 Å². The van der Waals surface area contributed by atoms with E-state index in [2.05, 4.69) is 5.32 Å². The van der Waals surface area contributed by atoms with Gasteiger partial charge in [0.1, 0.15) is 5.54 Å². The molecule has 1 aromatic carbocycles. The van der Waals surface area contributed by atoms with Crippen LogP contribution in [-0.4, -0.2) is 22.5 Å². The van der Waals surface area contributed by atoms with E-state index in [4.69, 9.17) is 5.11 Å². The van der Waals surface area contributed by atoms with E-state index in [1.807, 2.05) is 0 Å². The van der Waals surface area contributed by atoms with Gasteiger partial charge < -0.3 is 10.4 Å². The van der Waals surface area contributed by atoms with Crippen LogP contribution in [-0.2, 0) is 16.0 Å². The first-order valence-corrected chi connectivity index (χ1v) is 5.42. The third-order valence-electron chi connectivity index (χ3n) is 2.92. The first-order chi connectivity index (χ1) is 8.44. The summed E-state index contributed by atoms with van der Waals surface area (Å²) in [5.74, 6) is -3.83. The van der Waals surface area contributed by atoms with Gasteiger partial charge in [0.2, 0.25) is 5.91 Å². The maximum atomic E-state index is 13.3. The molecule has 2 rings (SSSR count). The quantitative estimate of drug-likeness (QED) is 0.850. The number of benzene rings is 1. The molecule has 1 aliphatic carbocycles. The van der Waals surface area contributed by atoms with Crippen molar-refractivity contribution in [2.75, 3.05) is 0 Å². The van der Waals surface area contributed by atoms with Crippen LogP contribution in [0, 0.1) is 11.6 Å². The molecule has 18 heavy (non-hydrogen) atoms. The first-order valence-electron chi connectivity index (χ1n) is 5.42. The van der Waals surface area contributed by atoms with Gasteiger partial charge in [-0.1, -0.05) is 12.1 Å². The van der Waals surface area contributed by atoms with Crippen molar-refractivity contribution in [3.05, 3.63) is 35.4 Å². The summed E-state index contributed by atoms with van der Waals surface area (Å²) in [6, 6.07) is 3.54. The number of carboxylic acid groups (broad SMARTS) is 1. The fraction of sp³-hybridized carbons (Fsp3) is 0.333. The average Bonchev–Trinajstić information content (AvgIpc) is 3.06. The van der Waals surface area contributed by atoms with Crippen LogP contribution in [0.1, 0.15) is 18.4 Å². The molecule has 0 spiro atoms. The predicted molar refractivity (Wildman–Crippen MR) is 57.8 cm³/mol. The van der Waals surface area contributed by atoms with Gasteiger partial charge in [-0.25, -0.2) is 13.6 Å². The highest BCUT2D eigenvalue weighted by atomic mass is 19.2. The number of rotatable bonds is 4. The molecule has 0 radical (unpaired) electrons. The van der Waals surface area contributed by atoms with Crippen molar-refractivity contribution >= 4 is 11.9 Å². The highest BCUT2D eigenvalue weighted by Gasteiger charge is 2.51. The Labute approximate surface area is 102 Å². The standard InChI is InChI=1S/C12H11F2NO3/c13-8-3-1-2-7(10(8)14)6-9(16)15-12(4-5-12)11(17)18/h1-3H,4-6H2,(H,15,16)(H,17,18). The number of aliphatic carboxylic acids is 1. The maximum Gasteiger partial charge on any atom is 0.329 e. The normalized spacial score (nSPS) is 16.1. The molecule has 0 aromatic heterocycles. The van der Waals surface area contributed by atoms with E-state index in [9.17, 15) is 18.4 Å². The van der Waals surface area contributed by atoms with E-state index >= 15 is 0 Å². The van der Waals surface area contributed by atoms with Gasteiger partial charge >= 0.3 is 5.97 Å². The molecule has 1 fully saturated rings. The van der Waals surface area contributed by atoms with Gasteiger partial charge in [-0.3, -0.25) is 4.79 Å². The van der Waals surface area contributed by atoms with E-state index in [1.54, 1.807) is 0 Å². The topological polar surface area (TPSA) is 66.4 Å². The van der Waals surface area contributed by atoms with E-state index in [-0.39, 0.29) is 12.0 Å². The third kappa shape index (κ3) is 2.32. The summed E-state index contributed by atoms with van der Waals surface area (Å²) in [5, 5.41) is 11.2. The van der Waals surface area contributed by atoms with Gasteiger partial charge in [0.05, 0.1) is 6.42 Å². The smallest absolute Gasteiger partial charge is 0.329 e. The Hall–Kier alpha value is -1.98. The molecule has 0 heterocycles. The average molecular weight is 255 g/mol. The van der Waals surface area contributed by atoms with Crippen molar-refractivity contribution in [3.63, 3.8) is 0 Å². The monoisotopic (exact) mass is 255 g/mol. The Morgan fingerprint density at radius 1 is 1.33 bits per heavy atom. The molecule has 2 N–H and O–H groups in total. The molecule has 6 heteroatoms. The van der Waals surface area contributed by atoms with E-state index in [0.717, 1.165) is 6.07 Å². The number of carbonyl (C=O) groups is 2. The molecule has 4 nitrogen and oxygen atoms in total. The number of amides is 1. The predicted octanol–water partition coefficient (Wildman–Crippen LogP) is 1.24. The number of carbonyl (C=O) groups excluding carboxylic acids is 1. The van der Waals surface area contributed by atoms with Crippen LogP contribution >= 0.6 is 0 Å². The highest BCUT2D eigenvalue weighted by molar-refractivity contribution is 5.90. The first kappa shape index (κ1) is 12.5. The fourth-order valence-electron chi connectivity index (χ4n) is 1.69. The molecule has 0 atom stereocenters. The lowest BCUT2D eigenvalue weighted by Crippen LogP contribution is -2.43. The van der Waals surface area contributed by atoms with Gasteiger partial charge in [0, 0.05) is 5.56 Å². The lowest BCUT2D eigenvalue weighted by Gasteiger charge is -2.12. The SMILES string of the molecule is O=C(Cc1cccc(F)c1F)NC1(C(=O)O)CC1. The summed E-state index contributed by atoms with van der Waals surface area (Å²) in [6.07, 6.45) is 0.345. The number of hydrogen-bond donors (Lipinski definition) is 2. The van der Waals surface area contributed by atoms with Crippen molar-refractivity contribution in [1.82, 2.24) is 5.32 Å². The zero-order chi connectivity index (χ0) is 13.3. The zero-order valence-corrected chi connectivity index (χ0v) is 9.37. The second-order valence-corrected chi connectivity index (χ2v) is 4.33. The lowest BCUT2D eigenvalue weighted by atomic mass is 10.1. The molecule has 1 amide bonds. The maximum absolute atomic E-state index is 13.3. The summed E-state index contributed by atoms with van der Waals surface area (Å²) in [7, 11) is 0. The summed E-state index contributed by atoms with van der Waals surface area (Å²) in [6.45, 7) is 0. The summed E-state index contributed by atoms with van der Waals surface area (Å²) >= 11 is 0. The number of nitrogens with one attached hydrogen (secondary N) is 1. The van der Waals surface area contributed by atoms with Gasteiger partial charge in [-0.15, -0.1) is 0 Å². The molecule has 1 aliphatic rings. The van der Waals surface area contributed by atoms with Crippen molar-refractivity contribution in [2.24, 2.45) is 0 Å². The minimum atomic E-state index is -1.21. The minimum absolute atomic E-state index is 0.0892. The van der Waals surface area contributed by atoms with Crippen LogP contribution in [0.5, 0.6) is 0 Å². The fourth-order valence-corrected chi connectivity index (χ4v) is 1.69. The van der Waals surface area contributed by atoms with Gasteiger partial charge in [0.25, 0.3) is 0 Å². The number of halogens is 2. The molecule has 96 valence electrons. The highest BCUT2D eigenvalue weighted by Crippen LogP contribution is 2.35. The Morgan fingerprint density at radius 2 is 2.00 bits per heavy atom. The molecule has 0 aliphatic heterocycles. The summed E-state index contributed by atoms with van der Waals surface area (Å²) in [5.41, 5.74) is -1.30. The third-order valence-corrected chi connectivity index (χ3v) is 2.92. The molecule has 0 saturated heterocycles. The number of carboxylic acids is 1. The van der Waals surface area contributed by atoms with Crippen LogP contribution in [0.25, 0.3) is 0 Å². The second kappa shape index (κ2) is 4.36. The van der Waals surface area contributed by atoms with E-state index in [1.165, 1.54) is 12.1 Å². The Bertz CT molecular complexity index is 512. The van der Waals surface area contributed by atoms with Gasteiger partial charge in [-0.2, -0.15) is 0 Å². The minimum Gasteiger partial charge on any atom is -0.480 e. The van der Waals surface area contributed by atoms with Crippen molar-refractivity contribution in [1.29, 1.82) is 0 Å². The summed E-state index contributed by atoms with van der Waals surface area (Å²) < 4.78 is 26.2. The van der Waals surface area contributed by atoms with E-state index in [0.29, 0.717) is 12.8 Å². The van der Waals surface area contributed by atoms with Crippen molar-refractivity contribution in [2.45, 2.75) is 24.8 Å². The molecule has 1 saturated carbocycles. The van der Waals surface area contributed by atoms with E-state index < -0.39 is 29.0 Å². The Morgan fingerprint density at radius 3 is 2.56 bits per heavy atom. The molecule has 0 bridgehead atoms. The van der Waals surface area contributed by atoms with Crippen LogP contribution in [0.3, 0.4) is 0 Å². The van der Waals surface area contributed by atoms with Crippen LogP contribution in [0.15, 0.2) is 18.2 Å². The Kier molecular flexibility index (Phi) is 3.02. The molecular formula is C12H11F2NO3. The van der Waals surface area contributed by atoms with Crippen molar-refractivity contribution in [3.8, 4) is 0 Å². The zero-order valence-electron chi connectivity index (χ0n) is 9.37. The second-order valence-electron chi connectivity index (χ2n) is 4.33. The lowest BCUT2D eigenvalue weighted by molar-refractivity contribution is -0.143. The van der Waals surface area contributed by atoms with Crippen molar-refractivity contribution < 1.29 is 23.5 Å². The largest absolute Gasteiger partial charge is 0.480 e.